The van der Waals surface area contributed by atoms with Crippen LogP contribution in [0.15, 0.2) is 18.3 Å². The first kappa shape index (κ1) is 15.3. The smallest absolute Gasteiger partial charge is 0.226 e. The summed E-state index contributed by atoms with van der Waals surface area (Å²) < 4.78 is 0. The summed E-state index contributed by atoms with van der Waals surface area (Å²) in [6.07, 6.45) is 5.91. The van der Waals surface area contributed by atoms with Gasteiger partial charge in [0.1, 0.15) is 5.82 Å². The number of nitrogens with zero attached hydrogens (tertiary/aromatic N) is 1. The molecule has 1 aromatic heterocycles. The molecule has 0 bridgehead atoms. The molecule has 0 aromatic carbocycles. The van der Waals surface area contributed by atoms with Gasteiger partial charge in [-0.15, -0.1) is 0 Å². The fourth-order valence-electron chi connectivity index (χ4n) is 2.57. The predicted octanol–water partition coefficient (Wildman–Crippen LogP) is 1.69. The number of aromatic nitrogens is 1. The molecule has 1 aliphatic carbocycles. The van der Waals surface area contributed by atoms with Crippen LogP contribution in [-0.2, 0) is 9.59 Å². The van der Waals surface area contributed by atoms with Crippen molar-refractivity contribution < 1.29 is 9.59 Å². The van der Waals surface area contributed by atoms with Crippen molar-refractivity contribution in [2.75, 3.05) is 11.1 Å². The summed E-state index contributed by atoms with van der Waals surface area (Å²) in [5.41, 5.74) is 6.08. The molecule has 1 aliphatic rings. The molecule has 0 spiro atoms. The Labute approximate surface area is 124 Å². The fourth-order valence-corrected chi connectivity index (χ4v) is 2.57. The van der Waals surface area contributed by atoms with E-state index in [1.54, 1.807) is 12.1 Å². The number of amides is 2. The van der Waals surface area contributed by atoms with E-state index in [-0.39, 0.29) is 30.2 Å². The van der Waals surface area contributed by atoms with Crippen molar-refractivity contribution in [3.8, 4) is 0 Å². The van der Waals surface area contributed by atoms with Crippen LogP contribution in [0.5, 0.6) is 0 Å². The predicted molar refractivity (Wildman–Crippen MR) is 81.5 cm³/mol. The third-order valence-corrected chi connectivity index (χ3v) is 3.68. The molecule has 21 heavy (non-hydrogen) atoms. The standard InChI is InChI=1S/C15H22N4O2/c1-10(18-15(21)11-4-2-3-5-11)8-14(20)19-12-6-7-13(16)17-9-12/h6-7,9-11H,2-5,8H2,1H3,(H2,16,17)(H,18,21)(H,19,20). The molecule has 0 radical (unpaired) electrons. The van der Waals surface area contributed by atoms with E-state index < -0.39 is 0 Å². The van der Waals surface area contributed by atoms with Gasteiger partial charge >= 0.3 is 0 Å². The maximum Gasteiger partial charge on any atom is 0.226 e. The van der Waals surface area contributed by atoms with Gasteiger partial charge < -0.3 is 16.4 Å². The van der Waals surface area contributed by atoms with Crippen LogP contribution in [-0.4, -0.2) is 22.8 Å². The van der Waals surface area contributed by atoms with Crippen molar-refractivity contribution in [1.82, 2.24) is 10.3 Å². The molecule has 6 heteroatoms. The molecule has 1 unspecified atom stereocenters. The van der Waals surface area contributed by atoms with E-state index in [0.29, 0.717) is 11.5 Å². The Balaban J connectivity index is 1.76. The van der Waals surface area contributed by atoms with Crippen molar-refractivity contribution in [3.63, 3.8) is 0 Å². The lowest BCUT2D eigenvalue weighted by atomic mass is 10.1. The largest absolute Gasteiger partial charge is 0.384 e. The van der Waals surface area contributed by atoms with Crippen LogP contribution in [0.2, 0.25) is 0 Å². The molecule has 2 amide bonds. The minimum absolute atomic E-state index is 0.0713. The van der Waals surface area contributed by atoms with Crippen LogP contribution < -0.4 is 16.4 Å². The van der Waals surface area contributed by atoms with Crippen molar-refractivity contribution >= 4 is 23.3 Å². The molecule has 114 valence electrons. The lowest BCUT2D eigenvalue weighted by Crippen LogP contribution is -2.38. The van der Waals surface area contributed by atoms with Crippen LogP contribution in [0.3, 0.4) is 0 Å². The van der Waals surface area contributed by atoms with E-state index in [2.05, 4.69) is 15.6 Å². The zero-order chi connectivity index (χ0) is 15.2. The molecule has 1 fully saturated rings. The Hall–Kier alpha value is -2.11. The van der Waals surface area contributed by atoms with Gasteiger partial charge in [0.05, 0.1) is 11.9 Å². The maximum absolute atomic E-state index is 12.0. The molecule has 1 heterocycles. The topological polar surface area (TPSA) is 97.1 Å². The summed E-state index contributed by atoms with van der Waals surface area (Å²) in [6, 6.07) is 3.14. The second-order valence-corrected chi connectivity index (χ2v) is 5.62. The molecule has 0 aliphatic heterocycles. The fraction of sp³-hybridized carbons (Fsp3) is 0.533. The van der Waals surface area contributed by atoms with Crippen molar-refractivity contribution in [2.24, 2.45) is 5.92 Å². The number of pyridine rings is 1. The highest BCUT2D eigenvalue weighted by atomic mass is 16.2. The molecular formula is C15H22N4O2. The number of anilines is 2. The number of hydrogen-bond donors (Lipinski definition) is 3. The summed E-state index contributed by atoms with van der Waals surface area (Å²) in [7, 11) is 0. The third kappa shape index (κ3) is 4.73. The quantitative estimate of drug-likeness (QED) is 0.768. The third-order valence-electron chi connectivity index (χ3n) is 3.68. The molecule has 2 rings (SSSR count). The monoisotopic (exact) mass is 290 g/mol. The lowest BCUT2D eigenvalue weighted by molar-refractivity contribution is -0.125. The minimum Gasteiger partial charge on any atom is -0.384 e. The number of nitrogens with two attached hydrogens (primary N) is 1. The van der Waals surface area contributed by atoms with Gasteiger partial charge in [-0.25, -0.2) is 4.98 Å². The van der Waals surface area contributed by atoms with Crippen LogP contribution >= 0.6 is 0 Å². The van der Waals surface area contributed by atoms with Gasteiger partial charge in [-0.3, -0.25) is 9.59 Å². The van der Waals surface area contributed by atoms with Crippen LogP contribution in [0.1, 0.15) is 39.0 Å². The van der Waals surface area contributed by atoms with Gasteiger partial charge in [0.15, 0.2) is 0 Å². The summed E-state index contributed by atoms with van der Waals surface area (Å²) in [5, 5.41) is 5.65. The van der Waals surface area contributed by atoms with E-state index in [4.69, 9.17) is 5.73 Å². The summed E-state index contributed by atoms with van der Waals surface area (Å²) >= 11 is 0. The zero-order valence-electron chi connectivity index (χ0n) is 12.3. The lowest BCUT2D eigenvalue weighted by Gasteiger charge is -2.16. The molecule has 4 N–H and O–H groups in total. The van der Waals surface area contributed by atoms with Crippen LogP contribution in [0, 0.1) is 5.92 Å². The SMILES string of the molecule is CC(CC(=O)Nc1ccc(N)nc1)NC(=O)C1CCCC1. The van der Waals surface area contributed by atoms with Crippen LogP contribution in [0.25, 0.3) is 0 Å². The van der Waals surface area contributed by atoms with E-state index in [0.717, 1.165) is 25.7 Å². The Morgan fingerprint density at radius 3 is 2.71 bits per heavy atom. The maximum atomic E-state index is 12.0. The number of carbonyl (C=O) groups is 2. The van der Waals surface area contributed by atoms with Crippen LogP contribution in [0.4, 0.5) is 11.5 Å². The number of hydrogen-bond acceptors (Lipinski definition) is 4. The van der Waals surface area contributed by atoms with Crippen molar-refractivity contribution in [2.45, 2.75) is 45.1 Å². The molecule has 1 atom stereocenters. The number of carbonyl (C=O) groups excluding carboxylic acids is 2. The first-order valence-electron chi connectivity index (χ1n) is 7.36. The number of rotatable bonds is 5. The Morgan fingerprint density at radius 1 is 1.38 bits per heavy atom. The molecule has 1 saturated carbocycles. The Kier molecular flexibility index (Phi) is 5.14. The van der Waals surface area contributed by atoms with Gasteiger partial charge in [0.25, 0.3) is 0 Å². The van der Waals surface area contributed by atoms with E-state index in [9.17, 15) is 9.59 Å². The molecular weight excluding hydrogens is 268 g/mol. The van der Waals surface area contributed by atoms with Crippen molar-refractivity contribution in [3.05, 3.63) is 18.3 Å². The molecule has 0 saturated heterocycles. The highest BCUT2D eigenvalue weighted by molar-refractivity contribution is 5.91. The van der Waals surface area contributed by atoms with Gasteiger partial charge in [-0.05, 0) is 31.9 Å². The zero-order valence-corrected chi connectivity index (χ0v) is 12.3. The second kappa shape index (κ2) is 7.06. The normalized spacial score (nSPS) is 16.4. The van der Waals surface area contributed by atoms with E-state index in [1.807, 2.05) is 6.92 Å². The Bertz CT molecular complexity index is 495. The van der Waals surface area contributed by atoms with E-state index in [1.165, 1.54) is 6.20 Å². The molecule has 1 aromatic rings. The average molecular weight is 290 g/mol. The summed E-state index contributed by atoms with van der Waals surface area (Å²) in [6.45, 7) is 1.84. The molecule has 6 nitrogen and oxygen atoms in total. The Morgan fingerprint density at radius 2 is 2.10 bits per heavy atom. The van der Waals surface area contributed by atoms with Gasteiger partial charge in [-0.1, -0.05) is 12.8 Å². The van der Waals surface area contributed by atoms with Gasteiger partial charge in [0, 0.05) is 18.4 Å². The highest BCUT2D eigenvalue weighted by Gasteiger charge is 2.24. The van der Waals surface area contributed by atoms with Gasteiger partial charge in [0.2, 0.25) is 11.8 Å². The number of nitrogen functional groups attached to an aromatic ring is 1. The summed E-state index contributed by atoms with van der Waals surface area (Å²) in [4.78, 5) is 27.8. The summed E-state index contributed by atoms with van der Waals surface area (Å²) in [5.74, 6) is 0.449. The van der Waals surface area contributed by atoms with Crippen molar-refractivity contribution in [1.29, 1.82) is 0 Å². The first-order valence-corrected chi connectivity index (χ1v) is 7.36. The average Bonchev–Trinajstić information content (AvgIpc) is 2.95. The first-order chi connectivity index (χ1) is 10.0. The highest BCUT2D eigenvalue weighted by Crippen LogP contribution is 2.24. The van der Waals surface area contributed by atoms with Gasteiger partial charge in [-0.2, -0.15) is 0 Å². The second-order valence-electron chi connectivity index (χ2n) is 5.62. The minimum atomic E-state index is -0.181. The number of nitrogens with one attached hydrogen (secondary N) is 2. The van der Waals surface area contributed by atoms with E-state index >= 15 is 0 Å².